The third kappa shape index (κ3) is 1.92. The minimum absolute atomic E-state index is 0.0698. The van der Waals surface area contributed by atoms with E-state index in [1.54, 1.807) is 6.92 Å². The Hall–Kier alpha value is -1.05. The molecule has 6 nitrogen and oxygen atoms in total. The molecule has 0 saturated carbocycles. The summed E-state index contributed by atoms with van der Waals surface area (Å²) < 4.78 is 0. The number of carbonyl (C=O) groups excluding carboxylic acids is 1. The van der Waals surface area contributed by atoms with Gasteiger partial charge in [-0.2, -0.15) is 0 Å². The van der Waals surface area contributed by atoms with E-state index in [2.05, 4.69) is 0 Å². The van der Waals surface area contributed by atoms with Gasteiger partial charge in [-0.1, -0.05) is 0 Å². The van der Waals surface area contributed by atoms with Gasteiger partial charge < -0.3 is 20.8 Å². The van der Waals surface area contributed by atoms with Crippen LogP contribution in [0.5, 0.6) is 0 Å². The standard InChI is InChI=1S/C11H16N2O4S/c1-5(14)8-6-4-7(18-3-2-12)9(11(16)17)13(6)10(8)15/h5-6,8,14H,2-4,12H2,1H3,(H,16,17)/t5-,6-,8-/m1/s1. The number of nitrogens with two attached hydrogens (primary N) is 1. The Bertz CT molecular complexity index is 421. The molecule has 0 aromatic heterocycles. The van der Waals surface area contributed by atoms with E-state index in [0.717, 1.165) is 0 Å². The van der Waals surface area contributed by atoms with E-state index in [9.17, 15) is 19.8 Å². The second-order valence-corrected chi connectivity index (χ2v) is 5.65. The van der Waals surface area contributed by atoms with Crippen LogP contribution in [0.4, 0.5) is 0 Å². The number of β-lactam (4-membered cyclic amide) rings is 1. The lowest BCUT2D eigenvalue weighted by molar-refractivity contribution is -0.161. The van der Waals surface area contributed by atoms with Crippen molar-refractivity contribution >= 4 is 23.6 Å². The maximum atomic E-state index is 11.9. The lowest BCUT2D eigenvalue weighted by Gasteiger charge is -2.44. The number of fused-ring (bicyclic) bond motifs is 1. The summed E-state index contributed by atoms with van der Waals surface area (Å²) in [6.45, 7) is 2.02. The van der Waals surface area contributed by atoms with Crippen molar-refractivity contribution in [3.8, 4) is 0 Å². The summed E-state index contributed by atoms with van der Waals surface area (Å²) in [7, 11) is 0. The first kappa shape index (κ1) is 13.4. The van der Waals surface area contributed by atoms with E-state index in [4.69, 9.17) is 5.73 Å². The number of carboxylic acid groups (broad SMARTS) is 1. The second kappa shape index (κ2) is 4.91. The summed E-state index contributed by atoms with van der Waals surface area (Å²) in [5, 5.41) is 18.7. The smallest absolute Gasteiger partial charge is 0.353 e. The lowest BCUT2D eigenvalue weighted by Crippen LogP contribution is -2.61. The third-order valence-electron chi connectivity index (χ3n) is 3.28. The number of rotatable bonds is 5. The number of hydrogen-bond acceptors (Lipinski definition) is 5. The molecule has 2 aliphatic heterocycles. The maximum absolute atomic E-state index is 11.9. The fourth-order valence-corrected chi connectivity index (χ4v) is 3.52. The van der Waals surface area contributed by atoms with Gasteiger partial charge in [0.1, 0.15) is 5.70 Å². The molecule has 7 heteroatoms. The van der Waals surface area contributed by atoms with Crippen molar-refractivity contribution in [2.24, 2.45) is 11.7 Å². The van der Waals surface area contributed by atoms with E-state index < -0.39 is 18.0 Å². The van der Waals surface area contributed by atoms with Gasteiger partial charge in [0.2, 0.25) is 5.91 Å². The molecule has 0 aliphatic carbocycles. The Balaban J connectivity index is 2.21. The first-order valence-electron chi connectivity index (χ1n) is 5.79. The molecule has 0 radical (unpaired) electrons. The average Bonchev–Trinajstić information content (AvgIpc) is 2.60. The normalized spacial score (nSPS) is 28.2. The van der Waals surface area contributed by atoms with Gasteiger partial charge in [0.25, 0.3) is 0 Å². The topological polar surface area (TPSA) is 104 Å². The summed E-state index contributed by atoms with van der Waals surface area (Å²) in [5.41, 5.74) is 5.47. The average molecular weight is 272 g/mol. The molecule has 4 N–H and O–H groups in total. The Kier molecular flexibility index (Phi) is 3.65. The lowest BCUT2D eigenvalue weighted by atomic mass is 9.83. The predicted octanol–water partition coefficient (Wildman–Crippen LogP) is -0.414. The summed E-state index contributed by atoms with van der Waals surface area (Å²) in [4.78, 5) is 25.1. The summed E-state index contributed by atoms with van der Waals surface area (Å²) >= 11 is 1.38. The van der Waals surface area contributed by atoms with Crippen molar-refractivity contribution in [3.05, 3.63) is 10.6 Å². The van der Waals surface area contributed by atoms with Crippen LogP contribution in [0.2, 0.25) is 0 Å². The number of nitrogens with zero attached hydrogens (tertiary/aromatic N) is 1. The minimum atomic E-state index is -1.09. The summed E-state index contributed by atoms with van der Waals surface area (Å²) in [5.74, 6) is -1.24. The van der Waals surface area contributed by atoms with Crippen molar-refractivity contribution in [1.29, 1.82) is 0 Å². The highest BCUT2D eigenvalue weighted by atomic mass is 32.2. The Morgan fingerprint density at radius 2 is 2.33 bits per heavy atom. The monoisotopic (exact) mass is 272 g/mol. The predicted molar refractivity (Wildman–Crippen MR) is 66.6 cm³/mol. The number of carboxylic acids is 1. The van der Waals surface area contributed by atoms with Crippen molar-refractivity contribution in [3.63, 3.8) is 0 Å². The maximum Gasteiger partial charge on any atom is 0.353 e. The fourth-order valence-electron chi connectivity index (χ4n) is 2.54. The van der Waals surface area contributed by atoms with Gasteiger partial charge in [-0.25, -0.2) is 4.79 Å². The number of amides is 1. The first-order chi connectivity index (χ1) is 8.49. The number of aliphatic hydroxyl groups excluding tert-OH is 1. The largest absolute Gasteiger partial charge is 0.477 e. The van der Waals surface area contributed by atoms with Gasteiger partial charge >= 0.3 is 5.97 Å². The molecule has 0 aromatic rings. The van der Waals surface area contributed by atoms with Crippen molar-refractivity contribution in [2.75, 3.05) is 12.3 Å². The molecule has 1 fully saturated rings. The van der Waals surface area contributed by atoms with Crippen LogP contribution in [0.25, 0.3) is 0 Å². The molecular weight excluding hydrogens is 256 g/mol. The molecule has 2 rings (SSSR count). The van der Waals surface area contributed by atoms with Crippen LogP contribution < -0.4 is 5.73 Å². The quantitative estimate of drug-likeness (QED) is 0.588. The van der Waals surface area contributed by atoms with Gasteiger partial charge in [0.05, 0.1) is 18.1 Å². The number of carbonyl (C=O) groups is 2. The van der Waals surface area contributed by atoms with Gasteiger partial charge in [0.15, 0.2) is 0 Å². The van der Waals surface area contributed by atoms with Crippen LogP contribution in [0.1, 0.15) is 13.3 Å². The zero-order chi connectivity index (χ0) is 13.4. The van der Waals surface area contributed by atoms with Crippen LogP contribution in [0.3, 0.4) is 0 Å². The molecule has 1 saturated heterocycles. The number of aliphatic hydroxyl groups is 1. The molecule has 0 unspecified atom stereocenters. The number of hydrogen-bond donors (Lipinski definition) is 3. The zero-order valence-corrected chi connectivity index (χ0v) is 10.8. The molecule has 100 valence electrons. The van der Waals surface area contributed by atoms with Crippen LogP contribution in [-0.4, -0.2) is 51.4 Å². The molecular formula is C11H16N2O4S. The fraction of sp³-hybridized carbons (Fsp3) is 0.636. The molecule has 0 bridgehead atoms. The molecule has 18 heavy (non-hydrogen) atoms. The first-order valence-corrected chi connectivity index (χ1v) is 6.78. The second-order valence-electron chi connectivity index (χ2n) is 4.46. The number of thioether (sulfide) groups is 1. The van der Waals surface area contributed by atoms with Gasteiger partial charge in [-0.15, -0.1) is 11.8 Å². The van der Waals surface area contributed by atoms with Crippen molar-refractivity contribution < 1.29 is 19.8 Å². The molecule has 3 atom stereocenters. The van der Waals surface area contributed by atoms with Crippen molar-refractivity contribution in [1.82, 2.24) is 4.90 Å². The van der Waals surface area contributed by atoms with Crippen LogP contribution in [-0.2, 0) is 9.59 Å². The summed E-state index contributed by atoms with van der Waals surface area (Å²) in [6, 6.07) is -0.205. The zero-order valence-electron chi connectivity index (χ0n) is 10.00. The van der Waals surface area contributed by atoms with Crippen LogP contribution in [0, 0.1) is 5.92 Å². The SMILES string of the molecule is C[C@@H](O)[C@H]1C(=O)N2C(C(=O)O)=C(SCCN)C[C@H]12. The highest BCUT2D eigenvalue weighted by Crippen LogP contribution is 2.46. The van der Waals surface area contributed by atoms with E-state index in [1.165, 1.54) is 16.7 Å². The molecule has 0 aromatic carbocycles. The van der Waals surface area contributed by atoms with E-state index >= 15 is 0 Å². The minimum Gasteiger partial charge on any atom is -0.477 e. The van der Waals surface area contributed by atoms with Crippen molar-refractivity contribution in [2.45, 2.75) is 25.5 Å². The highest BCUT2D eigenvalue weighted by molar-refractivity contribution is 8.03. The Morgan fingerprint density at radius 3 is 2.83 bits per heavy atom. The van der Waals surface area contributed by atoms with Gasteiger partial charge in [-0.05, 0) is 6.92 Å². The van der Waals surface area contributed by atoms with Gasteiger partial charge in [0, 0.05) is 23.6 Å². The van der Waals surface area contributed by atoms with E-state index in [-0.39, 0.29) is 17.6 Å². The Labute approximate surface area is 109 Å². The summed E-state index contributed by atoms with van der Waals surface area (Å²) in [6.07, 6.45) is -0.235. The van der Waals surface area contributed by atoms with E-state index in [1.807, 2.05) is 0 Å². The molecule has 0 spiro atoms. The third-order valence-corrected chi connectivity index (χ3v) is 4.43. The highest BCUT2D eigenvalue weighted by Gasteiger charge is 2.56. The number of aliphatic carboxylic acids is 1. The Morgan fingerprint density at radius 1 is 1.67 bits per heavy atom. The van der Waals surface area contributed by atoms with Crippen LogP contribution >= 0.6 is 11.8 Å². The molecule has 2 heterocycles. The van der Waals surface area contributed by atoms with Crippen LogP contribution in [0.15, 0.2) is 10.6 Å². The van der Waals surface area contributed by atoms with Gasteiger partial charge in [-0.3, -0.25) is 4.79 Å². The molecule has 2 aliphatic rings. The van der Waals surface area contributed by atoms with E-state index in [0.29, 0.717) is 23.6 Å². The molecule has 1 amide bonds.